The maximum Gasteiger partial charge on any atom is 0.337 e. The lowest BCUT2D eigenvalue weighted by molar-refractivity contribution is -0.122. The number of carbonyl (C=O) groups is 3. The van der Waals surface area contributed by atoms with Crippen LogP contribution in [-0.2, 0) is 14.5 Å². The van der Waals surface area contributed by atoms with Gasteiger partial charge in [-0.15, -0.1) is 11.6 Å². The number of aromatic carboxylic acids is 1. The third-order valence-electron chi connectivity index (χ3n) is 6.95. The van der Waals surface area contributed by atoms with Crippen LogP contribution in [0.25, 0.3) is 0 Å². The third-order valence-corrected chi connectivity index (χ3v) is 7.92. The van der Waals surface area contributed by atoms with Crippen LogP contribution >= 0.6 is 23.2 Å². The first kappa shape index (κ1) is 19.5. The molecular formula is C25H15Cl2NO4. The predicted octanol–water partition coefficient (Wildman–Crippen LogP) is 4.79. The highest BCUT2D eigenvalue weighted by Gasteiger charge is 2.68. The molecule has 3 aliphatic carbocycles. The Morgan fingerprint density at radius 1 is 0.906 bits per heavy atom. The number of halogens is 2. The van der Waals surface area contributed by atoms with Gasteiger partial charge in [0.05, 0.1) is 28.1 Å². The topological polar surface area (TPSA) is 74.7 Å². The van der Waals surface area contributed by atoms with Gasteiger partial charge < -0.3 is 5.11 Å². The minimum absolute atomic E-state index is 0.0338. The minimum Gasteiger partial charge on any atom is -0.478 e. The van der Waals surface area contributed by atoms with Crippen LogP contribution in [0.3, 0.4) is 0 Å². The fourth-order valence-electron chi connectivity index (χ4n) is 5.75. The van der Waals surface area contributed by atoms with E-state index in [4.69, 9.17) is 23.2 Å². The van der Waals surface area contributed by atoms with Crippen molar-refractivity contribution in [2.45, 2.75) is 10.8 Å². The Labute approximate surface area is 193 Å². The Bertz CT molecular complexity index is 1320. The number of hydrogen-bond donors (Lipinski definition) is 1. The van der Waals surface area contributed by atoms with Gasteiger partial charge in [0.25, 0.3) is 0 Å². The van der Waals surface area contributed by atoms with Gasteiger partial charge in [-0.3, -0.25) is 9.59 Å². The number of carbonyl (C=O) groups excluding carboxylic acids is 2. The maximum absolute atomic E-state index is 13.8. The van der Waals surface area contributed by atoms with Crippen molar-refractivity contribution in [2.24, 2.45) is 11.8 Å². The number of benzene rings is 3. The number of rotatable bonds is 2. The first-order valence-electron chi connectivity index (χ1n) is 10.1. The SMILES string of the molecule is O=C(O)c1cc(N2C(=O)[C@@H]3[C@@H](C2=O)C2c4ccccc4C3(Cl)c3ccccc32)ccc1Cl. The second-order valence-corrected chi connectivity index (χ2v) is 9.35. The van der Waals surface area contributed by atoms with Crippen molar-refractivity contribution < 1.29 is 19.5 Å². The summed E-state index contributed by atoms with van der Waals surface area (Å²) in [7, 11) is 0. The molecule has 2 amide bonds. The van der Waals surface area contributed by atoms with E-state index in [1.165, 1.54) is 18.2 Å². The molecule has 0 aromatic heterocycles. The number of hydrogen-bond acceptors (Lipinski definition) is 3. The van der Waals surface area contributed by atoms with E-state index in [0.717, 1.165) is 27.2 Å². The summed E-state index contributed by atoms with van der Waals surface area (Å²) >= 11 is 13.4. The van der Waals surface area contributed by atoms with Gasteiger partial charge in [0.15, 0.2) is 0 Å². The van der Waals surface area contributed by atoms with E-state index in [-0.39, 0.29) is 28.1 Å². The zero-order valence-corrected chi connectivity index (χ0v) is 18.0. The second kappa shape index (κ2) is 6.44. The van der Waals surface area contributed by atoms with Crippen LogP contribution in [0.4, 0.5) is 5.69 Å². The highest BCUT2D eigenvalue weighted by molar-refractivity contribution is 6.35. The highest BCUT2D eigenvalue weighted by atomic mass is 35.5. The summed E-state index contributed by atoms with van der Waals surface area (Å²) in [6.45, 7) is 0. The Morgan fingerprint density at radius 2 is 1.50 bits per heavy atom. The van der Waals surface area contributed by atoms with Crippen LogP contribution < -0.4 is 4.90 Å². The van der Waals surface area contributed by atoms with Crippen molar-refractivity contribution >= 4 is 46.7 Å². The third kappa shape index (κ3) is 2.22. The molecule has 3 aromatic carbocycles. The van der Waals surface area contributed by atoms with Crippen LogP contribution in [0.2, 0.25) is 5.02 Å². The molecule has 0 radical (unpaired) electrons. The van der Waals surface area contributed by atoms with Gasteiger partial charge >= 0.3 is 5.97 Å². The number of amides is 2. The molecule has 0 saturated carbocycles. The molecule has 7 heteroatoms. The lowest BCUT2D eigenvalue weighted by Crippen LogP contribution is -2.50. The molecule has 7 rings (SSSR count). The van der Waals surface area contributed by atoms with Crippen molar-refractivity contribution in [3.63, 3.8) is 0 Å². The minimum atomic E-state index is -1.23. The van der Waals surface area contributed by atoms with Crippen molar-refractivity contribution in [2.75, 3.05) is 4.90 Å². The van der Waals surface area contributed by atoms with Gasteiger partial charge in [-0.2, -0.15) is 0 Å². The van der Waals surface area contributed by atoms with Crippen molar-refractivity contribution in [3.05, 3.63) is 99.6 Å². The molecule has 1 aliphatic heterocycles. The van der Waals surface area contributed by atoms with E-state index in [1.807, 2.05) is 48.5 Å². The van der Waals surface area contributed by atoms with E-state index in [0.29, 0.717) is 0 Å². The summed E-state index contributed by atoms with van der Waals surface area (Å²) in [5.41, 5.74) is 3.60. The van der Waals surface area contributed by atoms with Crippen molar-refractivity contribution in [1.82, 2.24) is 0 Å². The van der Waals surface area contributed by atoms with Gasteiger partial charge in [0.2, 0.25) is 11.8 Å². The zero-order chi connectivity index (χ0) is 22.4. The lowest BCUT2D eigenvalue weighted by atomic mass is 9.54. The Morgan fingerprint density at radius 3 is 2.09 bits per heavy atom. The predicted molar refractivity (Wildman–Crippen MR) is 119 cm³/mol. The monoisotopic (exact) mass is 463 g/mol. The smallest absolute Gasteiger partial charge is 0.337 e. The van der Waals surface area contributed by atoms with Gasteiger partial charge in [0, 0.05) is 5.92 Å². The summed E-state index contributed by atoms with van der Waals surface area (Å²) in [6, 6.07) is 19.5. The molecule has 0 spiro atoms. The summed E-state index contributed by atoms with van der Waals surface area (Å²) in [5.74, 6) is -3.81. The van der Waals surface area contributed by atoms with Crippen LogP contribution in [0, 0.1) is 11.8 Å². The Hall–Kier alpha value is -3.15. The molecule has 4 aliphatic rings. The number of anilines is 1. The molecule has 2 atom stereocenters. The first-order valence-corrected chi connectivity index (χ1v) is 10.9. The second-order valence-electron chi connectivity index (χ2n) is 8.35. The van der Waals surface area contributed by atoms with Gasteiger partial charge in [-0.05, 0) is 40.5 Å². The lowest BCUT2D eigenvalue weighted by Gasteiger charge is -2.50. The molecular weight excluding hydrogens is 449 g/mol. The fraction of sp³-hybridized carbons (Fsp3) is 0.160. The van der Waals surface area contributed by atoms with Gasteiger partial charge in [-0.25, -0.2) is 9.69 Å². The molecule has 1 N–H and O–H groups in total. The van der Waals surface area contributed by atoms with Gasteiger partial charge in [0.1, 0.15) is 4.87 Å². The molecule has 32 heavy (non-hydrogen) atoms. The average Bonchev–Trinajstić information content (AvgIpc) is 3.06. The number of alkyl halides is 1. The Balaban J connectivity index is 1.58. The molecule has 1 fully saturated rings. The standard InChI is InChI=1S/C25H15Cl2NO4/c26-18-10-9-12(11-15(18)24(31)32)28-22(29)20-19-13-5-1-3-7-16(13)25(27,21(20)23(28)30)17-8-4-2-6-14(17)19/h1-11,19-21H,(H,31,32)/t19?,20-,21-,25?/m0/s1. The van der Waals surface area contributed by atoms with Crippen LogP contribution in [-0.4, -0.2) is 22.9 Å². The normalized spacial score (nSPS) is 27.2. The molecule has 5 nitrogen and oxygen atoms in total. The molecule has 1 saturated heterocycles. The number of carboxylic acids is 1. The summed E-state index contributed by atoms with van der Waals surface area (Å²) in [4.78, 5) is 39.0. The molecule has 2 bridgehead atoms. The van der Waals surface area contributed by atoms with E-state index in [1.54, 1.807) is 0 Å². The average molecular weight is 464 g/mol. The largest absolute Gasteiger partial charge is 0.478 e. The van der Waals surface area contributed by atoms with E-state index < -0.39 is 28.6 Å². The van der Waals surface area contributed by atoms with Crippen LogP contribution in [0.1, 0.15) is 38.5 Å². The molecule has 3 aromatic rings. The Kier molecular flexibility index (Phi) is 3.93. The number of nitrogens with zero attached hydrogens (tertiary/aromatic N) is 1. The first-order chi connectivity index (χ1) is 15.4. The van der Waals surface area contributed by atoms with E-state index in [9.17, 15) is 19.5 Å². The number of imide groups is 1. The van der Waals surface area contributed by atoms with E-state index in [2.05, 4.69) is 0 Å². The highest BCUT2D eigenvalue weighted by Crippen LogP contribution is 2.65. The molecule has 1 heterocycles. The quantitative estimate of drug-likeness (QED) is 0.438. The summed E-state index contributed by atoms with van der Waals surface area (Å²) in [5, 5.41) is 9.48. The maximum atomic E-state index is 13.8. The molecule has 158 valence electrons. The van der Waals surface area contributed by atoms with Crippen LogP contribution in [0.15, 0.2) is 66.7 Å². The van der Waals surface area contributed by atoms with Crippen molar-refractivity contribution in [1.29, 1.82) is 0 Å². The summed E-state index contributed by atoms with van der Waals surface area (Å²) in [6.07, 6.45) is 0. The fourth-order valence-corrected chi connectivity index (χ4v) is 6.52. The summed E-state index contributed by atoms with van der Waals surface area (Å²) < 4.78 is 0. The van der Waals surface area contributed by atoms with Crippen LogP contribution in [0.5, 0.6) is 0 Å². The molecule has 0 unspecified atom stereocenters. The number of carboxylic acid groups (broad SMARTS) is 1. The van der Waals surface area contributed by atoms with Crippen molar-refractivity contribution in [3.8, 4) is 0 Å². The zero-order valence-electron chi connectivity index (χ0n) is 16.5. The van der Waals surface area contributed by atoms with E-state index >= 15 is 0 Å². The van der Waals surface area contributed by atoms with Gasteiger partial charge in [-0.1, -0.05) is 60.1 Å².